The Kier molecular flexibility index (Phi) is 4.18. The summed E-state index contributed by atoms with van der Waals surface area (Å²) >= 11 is 0. The summed E-state index contributed by atoms with van der Waals surface area (Å²) in [5, 5.41) is 8.74. The average Bonchev–Trinajstić information content (AvgIpc) is 3.04. The molecule has 1 N–H and O–H groups in total. The fraction of sp³-hybridized carbons (Fsp3) is 0.368. The number of rotatable bonds is 4. The summed E-state index contributed by atoms with van der Waals surface area (Å²) in [5.41, 5.74) is 4.91. The van der Waals surface area contributed by atoms with Crippen molar-refractivity contribution in [1.82, 2.24) is 19.7 Å². The van der Waals surface area contributed by atoms with Gasteiger partial charge in [0.15, 0.2) is 0 Å². The van der Waals surface area contributed by atoms with Crippen molar-refractivity contribution >= 4 is 16.8 Å². The number of aryl methyl sites for hydroxylation is 3. The number of aromatic nitrogens is 3. The first-order valence-electron chi connectivity index (χ1n) is 8.33. The molecule has 1 atom stereocenters. The molecule has 0 fully saturated rings. The molecule has 3 aromatic rings. The molecule has 5 nitrogen and oxygen atoms in total. The van der Waals surface area contributed by atoms with E-state index in [0.29, 0.717) is 5.69 Å². The Morgan fingerprint density at radius 1 is 1.29 bits per heavy atom. The van der Waals surface area contributed by atoms with Crippen LogP contribution >= 0.6 is 0 Å². The molecule has 1 unspecified atom stereocenters. The van der Waals surface area contributed by atoms with Crippen LogP contribution in [0, 0.1) is 13.8 Å². The summed E-state index contributed by atoms with van der Waals surface area (Å²) in [4.78, 5) is 12.8. The molecule has 5 heteroatoms. The van der Waals surface area contributed by atoms with E-state index in [1.54, 1.807) is 0 Å². The van der Waals surface area contributed by atoms with Crippen molar-refractivity contribution in [3.8, 4) is 0 Å². The number of para-hydroxylation sites is 1. The predicted octanol–water partition coefficient (Wildman–Crippen LogP) is 3.50. The van der Waals surface area contributed by atoms with Gasteiger partial charge < -0.3 is 9.88 Å². The Hall–Kier alpha value is -2.56. The summed E-state index contributed by atoms with van der Waals surface area (Å²) < 4.78 is 3.91. The van der Waals surface area contributed by atoms with Crippen LogP contribution in [-0.4, -0.2) is 20.3 Å². The van der Waals surface area contributed by atoms with Gasteiger partial charge >= 0.3 is 0 Å². The van der Waals surface area contributed by atoms with Crippen molar-refractivity contribution in [3.63, 3.8) is 0 Å². The quantitative estimate of drug-likeness (QED) is 0.798. The number of carbonyl (C=O) groups is 1. The van der Waals surface area contributed by atoms with E-state index >= 15 is 0 Å². The normalized spacial score (nSPS) is 12.5. The molecule has 1 aromatic carbocycles. The molecule has 0 aliphatic heterocycles. The van der Waals surface area contributed by atoms with Crippen LogP contribution in [0.2, 0.25) is 0 Å². The first-order valence-corrected chi connectivity index (χ1v) is 8.33. The molecule has 24 heavy (non-hydrogen) atoms. The van der Waals surface area contributed by atoms with Crippen LogP contribution in [0.3, 0.4) is 0 Å². The highest BCUT2D eigenvalue weighted by Gasteiger charge is 2.21. The van der Waals surface area contributed by atoms with Gasteiger partial charge in [-0.1, -0.05) is 18.2 Å². The van der Waals surface area contributed by atoms with Gasteiger partial charge in [-0.2, -0.15) is 5.10 Å². The van der Waals surface area contributed by atoms with E-state index in [4.69, 9.17) is 0 Å². The zero-order valence-electron chi connectivity index (χ0n) is 14.9. The Bertz CT molecular complexity index is 904. The minimum Gasteiger partial charge on any atom is -0.344 e. The van der Waals surface area contributed by atoms with E-state index < -0.39 is 0 Å². The fourth-order valence-electron chi connectivity index (χ4n) is 3.49. The van der Waals surface area contributed by atoms with Crippen molar-refractivity contribution < 1.29 is 4.79 Å². The Morgan fingerprint density at radius 2 is 2.00 bits per heavy atom. The lowest BCUT2D eigenvalue weighted by Gasteiger charge is -2.15. The first kappa shape index (κ1) is 16.3. The van der Waals surface area contributed by atoms with Gasteiger partial charge in [-0.15, -0.1) is 0 Å². The number of nitrogens with one attached hydrogen (secondary N) is 1. The predicted molar refractivity (Wildman–Crippen MR) is 96.2 cm³/mol. The Balaban J connectivity index is 1.89. The van der Waals surface area contributed by atoms with Gasteiger partial charge in [-0.3, -0.25) is 9.48 Å². The average molecular weight is 324 g/mol. The monoisotopic (exact) mass is 324 g/mol. The molecule has 0 spiro atoms. The minimum atomic E-state index is -0.0872. The maximum absolute atomic E-state index is 12.8. The number of hydrogen-bond acceptors (Lipinski definition) is 2. The molecule has 0 aliphatic carbocycles. The maximum Gasteiger partial charge on any atom is 0.268 e. The number of benzene rings is 1. The summed E-state index contributed by atoms with van der Waals surface area (Å²) in [6, 6.07) is 9.86. The van der Waals surface area contributed by atoms with Gasteiger partial charge in [0.2, 0.25) is 0 Å². The van der Waals surface area contributed by atoms with E-state index in [2.05, 4.69) is 24.3 Å². The van der Waals surface area contributed by atoms with Gasteiger partial charge in [0.1, 0.15) is 5.69 Å². The summed E-state index contributed by atoms with van der Waals surface area (Å²) in [6.45, 7) is 8.96. The molecule has 1 amide bonds. The number of hydrogen-bond donors (Lipinski definition) is 1. The zero-order valence-corrected chi connectivity index (χ0v) is 14.9. The van der Waals surface area contributed by atoms with Crippen LogP contribution in [0.25, 0.3) is 10.9 Å². The molecule has 2 heterocycles. The second-order valence-corrected chi connectivity index (χ2v) is 6.24. The summed E-state index contributed by atoms with van der Waals surface area (Å²) in [6.07, 6.45) is 0. The molecule has 0 saturated carbocycles. The Morgan fingerprint density at radius 3 is 2.62 bits per heavy atom. The molecule has 0 aliphatic rings. The highest BCUT2D eigenvalue weighted by atomic mass is 16.2. The molecule has 3 rings (SSSR count). The van der Waals surface area contributed by atoms with Crippen LogP contribution < -0.4 is 5.32 Å². The van der Waals surface area contributed by atoms with Crippen molar-refractivity contribution in [2.24, 2.45) is 7.05 Å². The number of nitrogens with zero attached hydrogens (tertiary/aromatic N) is 3. The Labute approximate surface area is 142 Å². The second kappa shape index (κ2) is 6.15. The second-order valence-electron chi connectivity index (χ2n) is 6.24. The van der Waals surface area contributed by atoms with Crippen molar-refractivity contribution in [3.05, 3.63) is 53.0 Å². The SMILES string of the molecule is CCn1nc(C)c(C(C)NC(=O)c2cc3ccccc3n2C)c1C. The van der Waals surface area contributed by atoms with Crippen LogP contribution in [0.4, 0.5) is 0 Å². The first-order chi connectivity index (χ1) is 11.4. The molecule has 2 aromatic heterocycles. The van der Waals surface area contributed by atoms with Crippen molar-refractivity contribution in [2.75, 3.05) is 0 Å². The molecule has 0 bridgehead atoms. The summed E-state index contributed by atoms with van der Waals surface area (Å²) in [5.74, 6) is -0.0655. The largest absolute Gasteiger partial charge is 0.344 e. The zero-order chi connectivity index (χ0) is 17.4. The lowest BCUT2D eigenvalue weighted by atomic mass is 10.1. The van der Waals surface area contributed by atoms with E-state index in [9.17, 15) is 4.79 Å². The standard InChI is InChI=1S/C19H24N4O/c1-6-23-14(4)18(13(3)21-23)12(2)20-19(24)17-11-15-9-7-8-10-16(15)22(17)5/h7-12H,6H2,1-5H3,(H,20,24). The molecular formula is C19H24N4O. The van der Waals surface area contributed by atoms with E-state index in [1.807, 2.05) is 60.5 Å². The smallest absolute Gasteiger partial charge is 0.268 e. The lowest BCUT2D eigenvalue weighted by Crippen LogP contribution is -2.28. The van der Waals surface area contributed by atoms with Crippen LogP contribution in [0.1, 0.15) is 47.3 Å². The van der Waals surface area contributed by atoms with Gasteiger partial charge in [-0.05, 0) is 39.8 Å². The highest BCUT2D eigenvalue weighted by Crippen LogP contribution is 2.23. The fourth-order valence-corrected chi connectivity index (χ4v) is 3.49. The third-order valence-electron chi connectivity index (χ3n) is 4.70. The van der Waals surface area contributed by atoms with Gasteiger partial charge in [0.25, 0.3) is 5.91 Å². The molecule has 0 saturated heterocycles. The highest BCUT2D eigenvalue weighted by molar-refractivity contribution is 5.98. The minimum absolute atomic E-state index is 0.0655. The van der Waals surface area contributed by atoms with E-state index in [1.165, 1.54) is 0 Å². The van der Waals surface area contributed by atoms with Crippen LogP contribution in [-0.2, 0) is 13.6 Å². The van der Waals surface area contributed by atoms with Crippen molar-refractivity contribution in [1.29, 1.82) is 0 Å². The van der Waals surface area contributed by atoms with E-state index in [-0.39, 0.29) is 11.9 Å². The maximum atomic E-state index is 12.8. The van der Waals surface area contributed by atoms with E-state index in [0.717, 1.165) is 34.4 Å². The van der Waals surface area contributed by atoms with Crippen LogP contribution in [0.5, 0.6) is 0 Å². The van der Waals surface area contributed by atoms with Gasteiger partial charge in [0.05, 0.1) is 11.7 Å². The third kappa shape index (κ3) is 2.60. The van der Waals surface area contributed by atoms with Gasteiger partial charge in [-0.25, -0.2) is 0 Å². The van der Waals surface area contributed by atoms with Crippen LogP contribution in [0.15, 0.2) is 30.3 Å². The number of carbonyl (C=O) groups excluding carboxylic acids is 1. The molecular weight excluding hydrogens is 300 g/mol. The molecule has 0 radical (unpaired) electrons. The summed E-state index contributed by atoms with van der Waals surface area (Å²) in [7, 11) is 1.92. The molecule has 126 valence electrons. The number of amides is 1. The lowest BCUT2D eigenvalue weighted by molar-refractivity contribution is 0.0932. The topological polar surface area (TPSA) is 51.9 Å². The van der Waals surface area contributed by atoms with Gasteiger partial charge in [0, 0.05) is 35.8 Å². The van der Waals surface area contributed by atoms with Crippen molar-refractivity contribution in [2.45, 2.75) is 40.3 Å². The third-order valence-corrected chi connectivity index (χ3v) is 4.70. The number of fused-ring (bicyclic) bond motifs is 1.